The van der Waals surface area contributed by atoms with Crippen molar-refractivity contribution in [3.8, 4) is 0 Å². The van der Waals surface area contributed by atoms with Gasteiger partial charge in [-0.2, -0.15) is 0 Å². The number of anilines is 1. The molecule has 0 radical (unpaired) electrons. The van der Waals surface area contributed by atoms with Crippen LogP contribution in [-0.4, -0.2) is 269 Å². The van der Waals surface area contributed by atoms with Crippen LogP contribution in [0.25, 0.3) is 0 Å². The van der Waals surface area contributed by atoms with Crippen LogP contribution in [0.1, 0.15) is 203 Å². The van der Waals surface area contributed by atoms with Gasteiger partial charge in [-0.25, -0.2) is 14.4 Å². The minimum absolute atomic E-state index is 0.0131. The highest BCUT2D eigenvalue weighted by Gasteiger charge is 2.47. The first-order chi connectivity index (χ1) is 57.4. The summed E-state index contributed by atoms with van der Waals surface area (Å²) in [6.45, 7) is 20.1. The van der Waals surface area contributed by atoms with Gasteiger partial charge in [-0.3, -0.25) is 67.3 Å². The first kappa shape index (κ1) is 102. The van der Waals surface area contributed by atoms with Gasteiger partial charge in [0, 0.05) is 98.2 Å². The molecule has 121 heavy (non-hydrogen) atoms. The number of alkyl carbamates (subject to hydrolysis) is 1. The van der Waals surface area contributed by atoms with Crippen LogP contribution in [0.4, 0.5) is 20.1 Å². The predicted octanol–water partition coefficient (Wildman–Crippen LogP) is 5.88. The highest BCUT2D eigenvalue weighted by Crippen LogP contribution is 2.32. The summed E-state index contributed by atoms with van der Waals surface area (Å²) >= 11 is 1.27. The molecule has 0 spiro atoms. The molecular weight excluding hydrogens is 1590 g/mol. The van der Waals surface area contributed by atoms with Crippen LogP contribution >= 0.6 is 11.8 Å². The lowest BCUT2D eigenvalue weighted by atomic mass is 9.89. The number of hydrogen-bond donors (Lipinski definition) is 11. The van der Waals surface area contributed by atoms with E-state index in [1.54, 1.807) is 104 Å². The molecule has 35 nitrogen and oxygen atoms in total. The molecule has 15 atom stereocenters. The Morgan fingerprint density at radius 1 is 0.678 bits per heavy atom. The lowest BCUT2D eigenvalue weighted by molar-refractivity contribution is -0.148. The Labute approximate surface area is 715 Å². The molecule has 3 aliphatic heterocycles. The van der Waals surface area contributed by atoms with Gasteiger partial charge in [0.1, 0.15) is 42.9 Å². The molecule has 3 heterocycles. The number of likely N-dealkylation sites (tertiary alicyclic amines) is 3. The summed E-state index contributed by atoms with van der Waals surface area (Å²) in [7, 11) is 6.01. The second kappa shape index (κ2) is 51.3. The van der Waals surface area contributed by atoms with E-state index in [2.05, 4.69) is 49.5 Å². The van der Waals surface area contributed by atoms with Gasteiger partial charge >= 0.3 is 24.2 Å². The molecule has 2 aromatic carbocycles. The largest absolute Gasteiger partial charge is 0.481 e. The van der Waals surface area contributed by atoms with Crippen molar-refractivity contribution in [2.24, 2.45) is 35.3 Å². The molecule has 15 amide bonds. The molecule has 0 aromatic heterocycles. The number of carboxylic acids is 1. The zero-order chi connectivity index (χ0) is 89.9. The van der Waals surface area contributed by atoms with Gasteiger partial charge in [-0.1, -0.05) is 137 Å². The van der Waals surface area contributed by atoms with E-state index in [4.69, 9.17) is 29.8 Å². The maximum atomic E-state index is 14.9. The second-order valence-electron chi connectivity index (χ2n) is 32.7. The Bertz CT molecular complexity index is 3770. The molecule has 3 fully saturated rings. The minimum Gasteiger partial charge on any atom is -0.481 e. The third-order valence-electron chi connectivity index (χ3n) is 22.5. The number of imide groups is 1. The van der Waals surface area contributed by atoms with Crippen LogP contribution in [0, 0.1) is 29.6 Å². The number of amides is 15. The quantitative estimate of drug-likeness (QED) is 0.0272. The van der Waals surface area contributed by atoms with Gasteiger partial charge in [0.15, 0.2) is 0 Å². The van der Waals surface area contributed by atoms with Crippen molar-refractivity contribution < 1.29 is 101 Å². The summed E-state index contributed by atoms with van der Waals surface area (Å²) in [5, 5.41) is 41.3. The van der Waals surface area contributed by atoms with Crippen molar-refractivity contribution in [1.29, 1.82) is 0 Å². The average molecular weight is 1720 g/mol. The number of carboxylic acid groups (broad SMARTS) is 1. The van der Waals surface area contributed by atoms with Gasteiger partial charge in [0.05, 0.1) is 67.0 Å². The summed E-state index contributed by atoms with van der Waals surface area (Å²) in [5.74, 6) is -8.57. The van der Waals surface area contributed by atoms with E-state index in [0.717, 1.165) is 24.2 Å². The number of rotatable bonds is 51. The summed E-state index contributed by atoms with van der Waals surface area (Å²) in [6.07, 6.45) is -0.111. The van der Waals surface area contributed by atoms with Gasteiger partial charge < -0.3 is 92.1 Å². The third-order valence-corrected chi connectivity index (χ3v) is 23.7. The molecule has 0 aliphatic carbocycles. The van der Waals surface area contributed by atoms with Gasteiger partial charge in [0.2, 0.25) is 65.0 Å². The van der Waals surface area contributed by atoms with Gasteiger partial charge in [-0.05, 0) is 98.8 Å². The maximum Gasteiger partial charge on any atom is 0.410 e. The number of ether oxygens (including phenoxy) is 4. The number of primary amides is 1. The Morgan fingerprint density at radius 2 is 1.36 bits per heavy atom. The molecule has 676 valence electrons. The number of likely N-dealkylation sites (N-methyl/N-ethyl adjacent to an activating group) is 2. The summed E-state index contributed by atoms with van der Waals surface area (Å²) in [5.41, 5.74) is 6.69. The molecule has 3 aliphatic rings. The number of nitrogens with one attached hydrogen (secondary N) is 8. The third kappa shape index (κ3) is 31.6. The summed E-state index contributed by atoms with van der Waals surface area (Å²) in [4.78, 5) is 210. The topological polar surface area (TPSA) is 472 Å². The van der Waals surface area contributed by atoms with E-state index in [1.807, 2.05) is 19.9 Å². The van der Waals surface area contributed by atoms with Crippen LogP contribution < -0.4 is 48.3 Å². The first-order valence-electron chi connectivity index (χ1n) is 42.5. The number of carbonyl (C=O) groups is 15. The number of aliphatic carboxylic acids is 1. The Morgan fingerprint density at radius 3 is 1.98 bits per heavy atom. The number of nitrogens with two attached hydrogens (primary N) is 1. The van der Waals surface area contributed by atoms with Crippen molar-refractivity contribution in [1.82, 2.24) is 61.7 Å². The van der Waals surface area contributed by atoms with E-state index < -0.39 is 168 Å². The molecule has 36 heteroatoms. The molecule has 3 saturated heterocycles. The SMILES string of the molecule is CCCCCNC(=O)CCSC1CC(=O)N(CCCCCC(=O)N2C[C@H](OC(=O)NCCC(=O)O)CC2C(=O)N[C@H](C(=O)N[C@@H](CCCNC(N)=O)C(=O)Nc2ccc(COC(=O)N(C)[C@H](C(=O)N[C@H](C(=O)N(C)[C@@H]([C@@H](C)CC)[C@@H](CC(=O)N3CCC[C@H]3[C@H](OC)[C@@H](C)C(=O)N[C@H](C)[C@@H](O)c3ccccc3)OC)C(C)C)C(C)C)cc2)C(C)C)C1=O. The second-order valence-corrected chi connectivity index (χ2v) is 34.0. The molecule has 12 N–H and O–H groups in total. The summed E-state index contributed by atoms with van der Waals surface area (Å²) in [6, 6.07) is 6.48. The normalized spacial score (nSPS) is 18.6. The van der Waals surface area contributed by atoms with E-state index >= 15 is 0 Å². The number of aliphatic hydroxyl groups is 1. The molecule has 5 rings (SSSR count). The number of hydrogen-bond acceptors (Lipinski definition) is 21. The van der Waals surface area contributed by atoms with Crippen molar-refractivity contribution in [3.05, 3.63) is 65.7 Å². The molecule has 2 aromatic rings. The highest BCUT2D eigenvalue weighted by atomic mass is 32.2. The Balaban J connectivity index is 1.20. The number of aliphatic hydroxyl groups excluding tert-OH is 1. The first-order valence-corrected chi connectivity index (χ1v) is 43.5. The molecular formula is C85H134N14O21S. The number of methoxy groups -OCH3 is 2. The Hall–Kier alpha value is -9.68. The average Bonchev–Trinajstić information content (AvgIpc) is 1.72. The number of thioether (sulfide) groups is 1. The fourth-order valence-corrected chi connectivity index (χ4v) is 16.5. The zero-order valence-corrected chi connectivity index (χ0v) is 74.0. The maximum absolute atomic E-state index is 14.9. The van der Waals surface area contributed by atoms with Crippen molar-refractivity contribution in [2.75, 3.05) is 78.7 Å². The smallest absolute Gasteiger partial charge is 0.410 e. The van der Waals surface area contributed by atoms with Crippen LogP contribution in [0.3, 0.4) is 0 Å². The number of benzene rings is 2. The monoisotopic (exact) mass is 1720 g/mol. The fraction of sp³-hybridized carbons (Fsp3) is 0.682. The molecule has 0 bridgehead atoms. The van der Waals surface area contributed by atoms with E-state index in [1.165, 1.54) is 59.9 Å². The van der Waals surface area contributed by atoms with E-state index in [-0.39, 0.29) is 125 Å². The Kier molecular flexibility index (Phi) is 43.2. The van der Waals surface area contributed by atoms with E-state index in [0.29, 0.717) is 62.1 Å². The number of carbonyl (C=O) groups excluding carboxylic acids is 14. The van der Waals surface area contributed by atoms with Gasteiger partial charge in [-0.15, -0.1) is 11.8 Å². The van der Waals surface area contributed by atoms with E-state index in [9.17, 15) is 77.0 Å². The highest BCUT2D eigenvalue weighted by molar-refractivity contribution is 8.00. The zero-order valence-electron chi connectivity index (χ0n) is 73.1. The number of nitrogens with zero attached hydrogens (tertiary/aromatic N) is 5. The van der Waals surface area contributed by atoms with Crippen molar-refractivity contribution >= 4 is 107 Å². The van der Waals surface area contributed by atoms with Crippen molar-refractivity contribution in [3.63, 3.8) is 0 Å². The predicted molar refractivity (Wildman–Crippen MR) is 453 cm³/mol. The van der Waals surface area contributed by atoms with Crippen LogP contribution in [0.5, 0.6) is 0 Å². The molecule has 0 saturated carbocycles. The summed E-state index contributed by atoms with van der Waals surface area (Å²) < 4.78 is 23.4. The fourth-order valence-electron chi connectivity index (χ4n) is 15.4. The molecule has 2 unspecified atom stereocenters. The minimum atomic E-state index is -1.32. The van der Waals surface area contributed by atoms with Crippen LogP contribution in [-0.2, 0) is 83.1 Å². The van der Waals surface area contributed by atoms with Gasteiger partial charge in [0.25, 0.3) is 0 Å². The number of unbranched alkanes of at least 4 members (excludes halogenated alkanes) is 4. The standard InChI is InChI=1S/C85H134N14O21S/c1-16-18-24-39-87-65(100)38-44-121-64-47-68(103)98(81(64)112)42-25-20-23-32-66(101)99-48-59(120-84(115)89-41-37-69(104)105)45-62(99)78(109)93-70(50(3)4)79(110)92-60(30-26-40-88-83(86)114)77(108)91-58-35-33-56(34-36-58)49-119-85(116)96(13)72(52(7)8)80(111)94-71(51(5)6)82(113)95(12)73(53(9)17-2)63(117-14)46-67(102)97-43-27-31-61(97)75(118-15)54(10)76(107)90-55(11)74(106)57-28-21-19-22-29-57/h19,21-22,28-29,33-36,50-55,59-64,70-75,106H,16-18,20,23-27,30-32,37-49H2,1-15H3,(H,87,100)(H,89,115)(H,90,107)(H,91,108)(H,92,110)(H,93,109)(H,94,111)(H,104,105)(H3,86,88,114)/t53-,54+,55+,59+,60-,61-,62?,63+,64?,70-,71-,72-,73-,74+,75+/m0/s1. The van der Waals surface area contributed by atoms with Crippen LogP contribution in [0.15, 0.2) is 54.6 Å². The van der Waals surface area contributed by atoms with Crippen molar-refractivity contribution in [2.45, 2.75) is 270 Å². The lowest BCUT2D eigenvalue weighted by Gasteiger charge is -2.41. The number of urea groups is 1. The van der Waals surface area contributed by atoms with Crippen LogP contribution in [0.2, 0.25) is 0 Å². The lowest BCUT2D eigenvalue weighted by Crippen LogP contribution is -2.60.